The van der Waals surface area contributed by atoms with Gasteiger partial charge in [0.2, 0.25) is 0 Å². The van der Waals surface area contributed by atoms with Crippen molar-refractivity contribution in [1.82, 2.24) is 20.5 Å². The molecule has 2 heterocycles. The summed E-state index contributed by atoms with van der Waals surface area (Å²) in [6.07, 6.45) is 5.16. The van der Waals surface area contributed by atoms with Crippen LogP contribution in [0.15, 0.2) is 59.7 Å². The average Bonchev–Trinajstić information content (AvgIpc) is 3.48. The lowest BCUT2D eigenvalue weighted by Crippen LogP contribution is -2.38. The molecule has 0 aliphatic carbocycles. The number of anilines is 1. The molecule has 1 aliphatic heterocycles. The van der Waals surface area contributed by atoms with Crippen molar-refractivity contribution in [3.05, 3.63) is 65.9 Å². The lowest BCUT2D eigenvalue weighted by molar-refractivity contribution is 0.222. The van der Waals surface area contributed by atoms with E-state index in [2.05, 4.69) is 52.3 Å². The molecule has 2 amide bonds. The van der Waals surface area contributed by atoms with Crippen LogP contribution in [0.5, 0.6) is 0 Å². The quantitative estimate of drug-likeness (QED) is 0.335. The first kappa shape index (κ1) is 21.7. The second-order valence-electron chi connectivity index (χ2n) is 8.06. The van der Waals surface area contributed by atoms with Crippen LogP contribution in [0.2, 0.25) is 0 Å². The van der Waals surface area contributed by atoms with Crippen LogP contribution in [0.3, 0.4) is 0 Å². The van der Waals surface area contributed by atoms with Crippen molar-refractivity contribution < 1.29 is 4.79 Å². The van der Waals surface area contributed by atoms with Crippen molar-refractivity contribution in [3.63, 3.8) is 0 Å². The number of aromatic nitrogens is 1. The molecule has 4 rings (SSSR count). The van der Waals surface area contributed by atoms with Crippen LogP contribution in [0.4, 0.5) is 10.5 Å². The lowest BCUT2D eigenvalue weighted by atomic mass is 10.1. The van der Waals surface area contributed by atoms with Crippen molar-refractivity contribution in [2.24, 2.45) is 4.99 Å². The first-order valence-electron chi connectivity index (χ1n) is 11.4. The van der Waals surface area contributed by atoms with Gasteiger partial charge in [0.1, 0.15) is 0 Å². The fourth-order valence-electron chi connectivity index (χ4n) is 4.04. The number of H-pyrrole nitrogens is 1. The maximum Gasteiger partial charge on any atom is 0.321 e. The van der Waals surface area contributed by atoms with Crippen molar-refractivity contribution >= 4 is 28.6 Å². The zero-order valence-electron chi connectivity index (χ0n) is 18.7. The van der Waals surface area contributed by atoms with Gasteiger partial charge < -0.3 is 25.8 Å². The summed E-state index contributed by atoms with van der Waals surface area (Å²) in [4.78, 5) is 22.3. The van der Waals surface area contributed by atoms with Crippen LogP contribution in [0.25, 0.3) is 10.9 Å². The molecule has 0 radical (unpaired) electrons. The molecule has 168 valence electrons. The third kappa shape index (κ3) is 5.60. The minimum atomic E-state index is -0.0181. The SMILES string of the molecule is CCNC(=NCc1cccc(NC(=O)N2CCCC2)c1)NCCc1c[nH]c2ccccc12. The van der Waals surface area contributed by atoms with Crippen molar-refractivity contribution in [1.29, 1.82) is 0 Å². The summed E-state index contributed by atoms with van der Waals surface area (Å²) in [7, 11) is 0. The standard InChI is InChI=1S/C25H32N6O/c1-2-26-24(27-13-12-20-18-28-23-11-4-3-10-22(20)23)29-17-19-8-7-9-21(16-19)30-25(32)31-14-5-6-15-31/h3-4,7-11,16,18,28H,2,5-6,12-15,17H2,1H3,(H,30,32)(H2,26,27,29). The zero-order valence-corrected chi connectivity index (χ0v) is 18.7. The van der Waals surface area contributed by atoms with Gasteiger partial charge in [-0.25, -0.2) is 9.79 Å². The predicted molar refractivity (Wildman–Crippen MR) is 131 cm³/mol. The van der Waals surface area contributed by atoms with E-state index < -0.39 is 0 Å². The number of hydrogen-bond acceptors (Lipinski definition) is 2. The first-order valence-corrected chi connectivity index (χ1v) is 11.4. The number of nitrogens with one attached hydrogen (secondary N) is 4. The topological polar surface area (TPSA) is 84.6 Å². The summed E-state index contributed by atoms with van der Waals surface area (Å²) in [5, 5.41) is 11.0. The van der Waals surface area contributed by atoms with Crippen LogP contribution >= 0.6 is 0 Å². The molecule has 0 saturated carbocycles. The van der Waals surface area contributed by atoms with Gasteiger partial charge in [0, 0.05) is 49.0 Å². The minimum absolute atomic E-state index is 0.0181. The fraction of sp³-hybridized carbons (Fsp3) is 0.360. The molecule has 32 heavy (non-hydrogen) atoms. The number of aromatic amines is 1. The third-order valence-electron chi connectivity index (χ3n) is 5.70. The predicted octanol–water partition coefficient (Wildman–Crippen LogP) is 4.09. The van der Waals surface area contributed by atoms with Crippen LogP contribution in [-0.2, 0) is 13.0 Å². The highest BCUT2D eigenvalue weighted by Gasteiger charge is 2.17. The number of benzene rings is 2. The maximum absolute atomic E-state index is 12.3. The van der Waals surface area contributed by atoms with Crippen LogP contribution in [0.1, 0.15) is 30.9 Å². The van der Waals surface area contributed by atoms with Gasteiger partial charge in [-0.05, 0) is 55.5 Å². The summed E-state index contributed by atoms with van der Waals surface area (Å²) in [5.41, 5.74) is 4.33. The molecular weight excluding hydrogens is 400 g/mol. The molecule has 1 fully saturated rings. The Morgan fingerprint density at radius 1 is 1.09 bits per heavy atom. The van der Waals surface area contributed by atoms with Gasteiger partial charge in [0.05, 0.1) is 6.54 Å². The molecule has 7 heteroatoms. The first-order chi connectivity index (χ1) is 15.7. The molecule has 7 nitrogen and oxygen atoms in total. The van der Waals surface area contributed by atoms with Gasteiger partial charge in [-0.15, -0.1) is 0 Å². The van der Waals surface area contributed by atoms with Crippen LogP contribution in [-0.4, -0.2) is 48.1 Å². The Morgan fingerprint density at radius 2 is 1.94 bits per heavy atom. The number of guanidine groups is 1. The molecule has 0 unspecified atom stereocenters. The maximum atomic E-state index is 12.3. The number of hydrogen-bond donors (Lipinski definition) is 4. The number of urea groups is 1. The van der Waals surface area contributed by atoms with E-state index in [0.717, 1.165) is 62.7 Å². The summed E-state index contributed by atoms with van der Waals surface area (Å²) >= 11 is 0. The van der Waals surface area contributed by atoms with Gasteiger partial charge in [-0.1, -0.05) is 30.3 Å². The highest BCUT2D eigenvalue weighted by Crippen LogP contribution is 2.18. The number of likely N-dealkylation sites (tertiary alicyclic amines) is 1. The second kappa shape index (κ2) is 10.7. The van der Waals surface area contributed by atoms with Crippen LogP contribution in [0, 0.1) is 0 Å². The molecule has 1 saturated heterocycles. The Morgan fingerprint density at radius 3 is 2.78 bits per heavy atom. The average molecular weight is 433 g/mol. The van der Waals surface area contributed by atoms with Crippen molar-refractivity contribution in [2.45, 2.75) is 32.7 Å². The summed E-state index contributed by atoms with van der Waals surface area (Å²) in [5.74, 6) is 0.791. The van der Waals surface area contributed by atoms with E-state index in [-0.39, 0.29) is 6.03 Å². The van der Waals surface area contributed by atoms with Gasteiger partial charge in [0.25, 0.3) is 0 Å². The largest absolute Gasteiger partial charge is 0.361 e. The Bertz CT molecular complexity index is 1070. The number of rotatable bonds is 7. The van der Waals surface area contributed by atoms with Gasteiger partial charge in [-0.3, -0.25) is 0 Å². The van der Waals surface area contributed by atoms with Gasteiger partial charge in [-0.2, -0.15) is 0 Å². The number of aliphatic imine (C=N–C) groups is 1. The highest BCUT2D eigenvalue weighted by atomic mass is 16.2. The molecule has 0 atom stereocenters. The summed E-state index contributed by atoms with van der Waals surface area (Å²) < 4.78 is 0. The Balaban J connectivity index is 1.32. The smallest absolute Gasteiger partial charge is 0.321 e. The monoisotopic (exact) mass is 432 g/mol. The fourth-order valence-corrected chi connectivity index (χ4v) is 4.04. The molecule has 1 aromatic heterocycles. The number of para-hydroxylation sites is 1. The van der Waals surface area contributed by atoms with E-state index in [1.807, 2.05) is 35.2 Å². The molecular formula is C25H32N6O. The Labute approximate surface area is 189 Å². The second-order valence-corrected chi connectivity index (χ2v) is 8.06. The van der Waals surface area contributed by atoms with Crippen molar-refractivity contribution in [3.8, 4) is 0 Å². The van der Waals surface area contributed by atoms with E-state index in [0.29, 0.717) is 6.54 Å². The van der Waals surface area contributed by atoms with Crippen LogP contribution < -0.4 is 16.0 Å². The van der Waals surface area contributed by atoms with E-state index in [1.165, 1.54) is 16.5 Å². The number of nitrogens with zero attached hydrogens (tertiary/aromatic N) is 2. The molecule has 0 bridgehead atoms. The Hall–Kier alpha value is -3.48. The van der Waals surface area contributed by atoms with E-state index in [9.17, 15) is 4.79 Å². The molecule has 2 aromatic carbocycles. The van der Waals surface area contributed by atoms with E-state index in [1.54, 1.807) is 0 Å². The van der Waals surface area contributed by atoms with E-state index in [4.69, 9.17) is 4.99 Å². The lowest BCUT2D eigenvalue weighted by Gasteiger charge is -2.16. The highest BCUT2D eigenvalue weighted by molar-refractivity contribution is 5.89. The zero-order chi connectivity index (χ0) is 22.2. The number of fused-ring (bicyclic) bond motifs is 1. The molecule has 4 N–H and O–H groups in total. The summed E-state index contributed by atoms with van der Waals surface area (Å²) in [6.45, 7) is 5.86. The number of carbonyl (C=O) groups is 1. The van der Waals surface area contributed by atoms with Crippen molar-refractivity contribution in [2.75, 3.05) is 31.5 Å². The van der Waals surface area contributed by atoms with Gasteiger partial charge >= 0.3 is 6.03 Å². The Kier molecular flexibility index (Phi) is 7.27. The van der Waals surface area contributed by atoms with E-state index >= 15 is 0 Å². The minimum Gasteiger partial charge on any atom is -0.361 e. The summed E-state index contributed by atoms with van der Waals surface area (Å²) in [6, 6.07) is 16.3. The number of carbonyl (C=O) groups excluding carboxylic acids is 1. The molecule has 3 aromatic rings. The third-order valence-corrected chi connectivity index (χ3v) is 5.70. The van der Waals surface area contributed by atoms with Gasteiger partial charge in [0.15, 0.2) is 5.96 Å². The molecule has 1 aliphatic rings. The molecule has 0 spiro atoms. The normalized spacial score (nSPS) is 14.0. The number of amides is 2.